The largest absolute Gasteiger partial charge is 0.384 e. The number of ether oxygens (including phenoxy) is 1. The Morgan fingerprint density at radius 1 is 1.55 bits per heavy atom. The number of hydrogen-bond donors (Lipinski definition) is 1. The third kappa shape index (κ3) is 3.96. The molecule has 1 aliphatic rings. The van der Waals surface area contributed by atoms with Crippen LogP contribution in [0.3, 0.4) is 0 Å². The third-order valence-electron chi connectivity index (χ3n) is 3.57. The zero-order valence-electron chi connectivity index (χ0n) is 12.0. The number of carbonyl (C=O) groups excluding carboxylic acids is 1. The second-order valence-corrected chi connectivity index (χ2v) is 6.18. The van der Waals surface area contributed by atoms with Crippen molar-refractivity contribution in [1.82, 2.24) is 4.90 Å². The predicted octanol–water partition coefficient (Wildman–Crippen LogP) is 3.65. The number of methoxy groups -OCH3 is 1. The first-order chi connectivity index (χ1) is 9.60. The summed E-state index contributed by atoms with van der Waals surface area (Å²) in [5, 5.41) is 2.97. The predicted molar refractivity (Wildman–Crippen MR) is 84.1 cm³/mol. The average Bonchev–Trinajstić information content (AvgIpc) is 2.42. The molecule has 1 aromatic carbocycles. The first-order valence-electron chi connectivity index (χ1n) is 6.91. The summed E-state index contributed by atoms with van der Waals surface area (Å²) in [6.07, 6.45) is 2.17. The number of benzene rings is 1. The first kappa shape index (κ1) is 15.3. The second kappa shape index (κ2) is 7.09. The van der Waals surface area contributed by atoms with Crippen LogP contribution in [0.2, 0.25) is 0 Å². The lowest BCUT2D eigenvalue weighted by Gasteiger charge is -2.32. The number of urea groups is 1. The van der Waals surface area contributed by atoms with Crippen molar-refractivity contribution in [2.75, 3.05) is 32.1 Å². The van der Waals surface area contributed by atoms with Crippen molar-refractivity contribution >= 4 is 27.6 Å². The molecular formula is C15H21BrN2O2. The van der Waals surface area contributed by atoms with Gasteiger partial charge in [-0.15, -0.1) is 0 Å². The van der Waals surface area contributed by atoms with Crippen molar-refractivity contribution in [3.05, 3.63) is 28.2 Å². The van der Waals surface area contributed by atoms with E-state index in [4.69, 9.17) is 4.74 Å². The number of rotatable bonds is 3. The Kier molecular flexibility index (Phi) is 5.43. The Hall–Kier alpha value is -1.07. The van der Waals surface area contributed by atoms with Gasteiger partial charge in [-0.25, -0.2) is 4.79 Å². The van der Waals surface area contributed by atoms with Crippen molar-refractivity contribution in [3.63, 3.8) is 0 Å². The fraction of sp³-hybridized carbons (Fsp3) is 0.533. The highest BCUT2D eigenvalue weighted by Gasteiger charge is 2.23. The first-order valence-corrected chi connectivity index (χ1v) is 7.70. The minimum Gasteiger partial charge on any atom is -0.384 e. The Labute approximate surface area is 128 Å². The van der Waals surface area contributed by atoms with Gasteiger partial charge in [-0.3, -0.25) is 0 Å². The lowest BCUT2D eigenvalue weighted by atomic mass is 9.99. The molecule has 1 fully saturated rings. The molecule has 1 N–H and O–H groups in total. The van der Waals surface area contributed by atoms with Gasteiger partial charge in [0.25, 0.3) is 0 Å². The lowest BCUT2D eigenvalue weighted by molar-refractivity contribution is 0.104. The molecule has 0 unspecified atom stereocenters. The highest BCUT2D eigenvalue weighted by molar-refractivity contribution is 9.10. The van der Waals surface area contributed by atoms with E-state index in [-0.39, 0.29) is 6.03 Å². The van der Waals surface area contributed by atoms with Crippen molar-refractivity contribution in [2.24, 2.45) is 5.92 Å². The maximum Gasteiger partial charge on any atom is 0.321 e. The molecule has 0 aromatic heterocycles. The Balaban J connectivity index is 1.97. The third-order valence-corrected chi connectivity index (χ3v) is 4.23. The Bertz CT molecular complexity index is 477. The summed E-state index contributed by atoms with van der Waals surface area (Å²) >= 11 is 3.48. The van der Waals surface area contributed by atoms with Gasteiger partial charge in [0.05, 0.1) is 12.3 Å². The molecular weight excluding hydrogens is 320 g/mol. The van der Waals surface area contributed by atoms with Gasteiger partial charge in [-0.1, -0.05) is 6.07 Å². The van der Waals surface area contributed by atoms with Crippen LogP contribution in [0.15, 0.2) is 22.7 Å². The summed E-state index contributed by atoms with van der Waals surface area (Å²) in [7, 11) is 1.71. The molecule has 0 spiro atoms. The van der Waals surface area contributed by atoms with Crippen LogP contribution < -0.4 is 5.32 Å². The molecule has 0 radical (unpaired) electrons. The smallest absolute Gasteiger partial charge is 0.321 e. The van der Waals surface area contributed by atoms with Crippen LogP contribution >= 0.6 is 15.9 Å². The lowest BCUT2D eigenvalue weighted by Crippen LogP contribution is -2.43. The van der Waals surface area contributed by atoms with E-state index in [1.165, 1.54) is 0 Å². The molecule has 2 rings (SSSR count). The number of aryl methyl sites for hydroxylation is 1. The Morgan fingerprint density at radius 3 is 3.05 bits per heavy atom. The summed E-state index contributed by atoms with van der Waals surface area (Å²) in [6, 6.07) is 5.88. The van der Waals surface area contributed by atoms with Crippen LogP contribution in [0.1, 0.15) is 18.4 Å². The molecule has 5 heteroatoms. The molecule has 1 atom stereocenters. The second-order valence-electron chi connectivity index (χ2n) is 5.32. The maximum absolute atomic E-state index is 12.3. The van der Waals surface area contributed by atoms with Crippen LogP contribution in [-0.2, 0) is 4.74 Å². The van der Waals surface area contributed by atoms with Crippen molar-refractivity contribution < 1.29 is 9.53 Å². The van der Waals surface area contributed by atoms with E-state index in [1.54, 1.807) is 7.11 Å². The van der Waals surface area contributed by atoms with E-state index < -0.39 is 0 Å². The van der Waals surface area contributed by atoms with E-state index >= 15 is 0 Å². The average molecular weight is 341 g/mol. The molecule has 0 aliphatic carbocycles. The van der Waals surface area contributed by atoms with E-state index in [9.17, 15) is 4.79 Å². The van der Waals surface area contributed by atoms with Crippen molar-refractivity contribution in [2.45, 2.75) is 19.8 Å². The van der Waals surface area contributed by atoms with Crippen molar-refractivity contribution in [1.29, 1.82) is 0 Å². The van der Waals surface area contributed by atoms with Crippen LogP contribution in [0.25, 0.3) is 0 Å². The van der Waals surface area contributed by atoms with Gasteiger partial charge in [0.1, 0.15) is 0 Å². The van der Waals surface area contributed by atoms with Gasteiger partial charge in [0, 0.05) is 30.6 Å². The number of amides is 2. The molecule has 2 amide bonds. The summed E-state index contributed by atoms with van der Waals surface area (Å²) in [6.45, 7) is 4.33. The van der Waals surface area contributed by atoms with Gasteiger partial charge in [-0.05, 0) is 53.4 Å². The van der Waals surface area contributed by atoms with Gasteiger partial charge >= 0.3 is 6.03 Å². The molecule has 0 saturated carbocycles. The summed E-state index contributed by atoms with van der Waals surface area (Å²) in [5.74, 6) is 0.445. The molecule has 0 bridgehead atoms. The van der Waals surface area contributed by atoms with Crippen LogP contribution in [0.5, 0.6) is 0 Å². The maximum atomic E-state index is 12.3. The van der Waals surface area contributed by atoms with Crippen LogP contribution in [-0.4, -0.2) is 37.7 Å². The molecule has 4 nitrogen and oxygen atoms in total. The molecule has 1 heterocycles. The minimum atomic E-state index is -0.0321. The fourth-order valence-corrected chi connectivity index (χ4v) is 3.13. The van der Waals surface area contributed by atoms with Gasteiger partial charge < -0.3 is 15.0 Å². The number of halogens is 1. The van der Waals surface area contributed by atoms with E-state index in [1.807, 2.05) is 30.0 Å². The number of nitrogens with one attached hydrogen (secondary N) is 1. The topological polar surface area (TPSA) is 41.6 Å². The van der Waals surface area contributed by atoms with E-state index in [2.05, 4.69) is 21.2 Å². The molecule has 110 valence electrons. The molecule has 1 aliphatic heterocycles. The molecule has 20 heavy (non-hydrogen) atoms. The van der Waals surface area contributed by atoms with Crippen molar-refractivity contribution in [3.8, 4) is 0 Å². The monoisotopic (exact) mass is 340 g/mol. The number of anilines is 1. The van der Waals surface area contributed by atoms with Crippen LogP contribution in [0.4, 0.5) is 10.5 Å². The molecule has 1 saturated heterocycles. The van der Waals surface area contributed by atoms with E-state index in [0.717, 1.165) is 48.3 Å². The fourth-order valence-electron chi connectivity index (χ4n) is 2.54. The number of likely N-dealkylation sites (tertiary alicyclic amines) is 1. The highest BCUT2D eigenvalue weighted by atomic mass is 79.9. The number of nitrogens with zero attached hydrogens (tertiary/aromatic N) is 1. The summed E-state index contributed by atoms with van der Waals surface area (Å²) < 4.78 is 6.11. The Morgan fingerprint density at radius 2 is 2.35 bits per heavy atom. The number of hydrogen-bond acceptors (Lipinski definition) is 2. The summed E-state index contributed by atoms with van der Waals surface area (Å²) in [4.78, 5) is 14.2. The SMILES string of the molecule is COC[C@H]1CCCN(C(=O)Nc2ccc(C)cc2Br)C1. The zero-order valence-corrected chi connectivity index (χ0v) is 13.6. The zero-order chi connectivity index (χ0) is 14.5. The van der Waals surface area contributed by atoms with Gasteiger partial charge in [-0.2, -0.15) is 0 Å². The normalized spacial score (nSPS) is 18.9. The quantitative estimate of drug-likeness (QED) is 0.912. The van der Waals surface area contributed by atoms with Gasteiger partial charge in [0.2, 0.25) is 0 Å². The highest BCUT2D eigenvalue weighted by Crippen LogP contribution is 2.24. The number of piperidine rings is 1. The summed E-state index contributed by atoms with van der Waals surface area (Å²) in [5.41, 5.74) is 1.97. The van der Waals surface area contributed by atoms with Crippen LogP contribution in [0, 0.1) is 12.8 Å². The number of carbonyl (C=O) groups is 1. The van der Waals surface area contributed by atoms with Gasteiger partial charge in [0.15, 0.2) is 0 Å². The molecule has 1 aromatic rings. The minimum absolute atomic E-state index is 0.0321. The standard InChI is InChI=1S/C15H21BrN2O2/c1-11-5-6-14(13(16)8-11)17-15(19)18-7-3-4-12(9-18)10-20-2/h5-6,8,12H,3-4,7,9-10H2,1-2H3,(H,17,19)/t12-/m0/s1. The van der Waals surface area contributed by atoms with E-state index in [0.29, 0.717) is 5.92 Å².